The van der Waals surface area contributed by atoms with Crippen LogP contribution in [0.25, 0.3) is 11.2 Å². The van der Waals surface area contributed by atoms with Crippen molar-refractivity contribution in [3.05, 3.63) is 63.1 Å². The van der Waals surface area contributed by atoms with Crippen molar-refractivity contribution in [1.29, 1.82) is 0 Å². The fourth-order valence-electron chi connectivity index (χ4n) is 3.06. The summed E-state index contributed by atoms with van der Waals surface area (Å²) in [5.41, 5.74) is 0.548. The summed E-state index contributed by atoms with van der Waals surface area (Å²) in [6.45, 7) is 1.21. The van der Waals surface area contributed by atoms with Crippen LogP contribution < -0.4 is 11.2 Å². The van der Waals surface area contributed by atoms with Crippen LogP contribution in [0.3, 0.4) is 0 Å². The van der Waals surface area contributed by atoms with Gasteiger partial charge in [0, 0.05) is 34.3 Å². The van der Waals surface area contributed by atoms with Gasteiger partial charge in [-0.05, 0) is 5.56 Å². The summed E-state index contributed by atoms with van der Waals surface area (Å²) in [5.74, 6) is -0.170. The summed E-state index contributed by atoms with van der Waals surface area (Å²) in [6.07, 6.45) is 1.42. The van der Waals surface area contributed by atoms with Gasteiger partial charge in [0.2, 0.25) is 5.91 Å². The second kappa shape index (κ2) is 8.22. The van der Waals surface area contributed by atoms with Gasteiger partial charge >= 0.3 is 5.69 Å². The molecule has 0 fully saturated rings. The molecule has 0 atom stereocenters. The van der Waals surface area contributed by atoms with Crippen LogP contribution in [-0.4, -0.2) is 49.8 Å². The maximum Gasteiger partial charge on any atom is 0.332 e. The molecule has 0 aliphatic rings. The van der Waals surface area contributed by atoms with Crippen LogP contribution in [0.5, 0.6) is 0 Å². The molecule has 0 N–H and O–H groups in total. The molecule has 0 aliphatic carbocycles. The van der Waals surface area contributed by atoms with E-state index in [0.717, 1.165) is 10.1 Å². The molecule has 2 heterocycles. The summed E-state index contributed by atoms with van der Waals surface area (Å²) in [7, 11) is 4.53. The van der Waals surface area contributed by atoms with Crippen LogP contribution >= 0.6 is 0 Å². The lowest BCUT2D eigenvalue weighted by molar-refractivity contribution is -0.133. The summed E-state index contributed by atoms with van der Waals surface area (Å²) >= 11 is 0. The van der Waals surface area contributed by atoms with Crippen molar-refractivity contribution in [2.24, 2.45) is 14.1 Å². The van der Waals surface area contributed by atoms with Gasteiger partial charge in [0.05, 0.1) is 12.9 Å². The number of ether oxygens (including phenoxy) is 1. The van der Waals surface area contributed by atoms with E-state index >= 15 is 0 Å². The van der Waals surface area contributed by atoms with Crippen molar-refractivity contribution in [3.8, 4) is 0 Å². The molecule has 2 aromatic heterocycles. The fourth-order valence-corrected chi connectivity index (χ4v) is 3.06. The van der Waals surface area contributed by atoms with E-state index in [2.05, 4.69) is 4.98 Å². The van der Waals surface area contributed by atoms with Gasteiger partial charge in [-0.15, -0.1) is 0 Å². The minimum Gasteiger partial charge on any atom is -0.383 e. The van der Waals surface area contributed by atoms with Gasteiger partial charge in [-0.25, -0.2) is 9.78 Å². The van der Waals surface area contributed by atoms with Gasteiger partial charge in [-0.3, -0.25) is 18.7 Å². The van der Waals surface area contributed by atoms with Gasteiger partial charge < -0.3 is 14.2 Å². The Balaban J connectivity index is 1.91. The number of amides is 1. The highest BCUT2D eigenvalue weighted by atomic mass is 16.5. The number of rotatable bonds is 7. The number of benzene rings is 1. The molecule has 9 nitrogen and oxygen atoms in total. The molecule has 3 rings (SSSR count). The number of methoxy groups -OCH3 is 1. The predicted molar refractivity (Wildman–Crippen MR) is 104 cm³/mol. The lowest BCUT2D eigenvalue weighted by Crippen LogP contribution is -2.39. The van der Waals surface area contributed by atoms with Gasteiger partial charge in [0.15, 0.2) is 11.2 Å². The van der Waals surface area contributed by atoms with E-state index in [1.807, 2.05) is 30.3 Å². The molecule has 0 radical (unpaired) electrons. The van der Waals surface area contributed by atoms with Crippen molar-refractivity contribution >= 4 is 17.1 Å². The van der Waals surface area contributed by atoms with Crippen molar-refractivity contribution in [2.45, 2.75) is 13.1 Å². The Kier molecular flexibility index (Phi) is 5.74. The van der Waals surface area contributed by atoms with Gasteiger partial charge in [-0.1, -0.05) is 30.3 Å². The average molecular weight is 385 g/mol. The first-order chi connectivity index (χ1) is 13.4. The Bertz CT molecular complexity index is 1100. The molecule has 3 aromatic rings. The Morgan fingerprint density at radius 2 is 1.86 bits per heavy atom. The minimum absolute atomic E-state index is 0.0551. The van der Waals surface area contributed by atoms with Gasteiger partial charge in [0.1, 0.15) is 6.54 Å². The van der Waals surface area contributed by atoms with E-state index in [0.29, 0.717) is 19.7 Å². The second-order valence-electron chi connectivity index (χ2n) is 6.54. The van der Waals surface area contributed by atoms with Crippen LogP contribution in [0.1, 0.15) is 5.56 Å². The van der Waals surface area contributed by atoms with E-state index in [-0.39, 0.29) is 23.6 Å². The topological polar surface area (TPSA) is 91.4 Å². The minimum atomic E-state index is -0.477. The Morgan fingerprint density at radius 1 is 1.14 bits per heavy atom. The van der Waals surface area contributed by atoms with Crippen LogP contribution in [0, 0.1) is 0 Å². The molecular weight excluding hydrogens is 362 g/mol. The molecule has 0 saturated carbocycles. The van der Waals surface area contributed by atoms with Gasteiger partial charge in [-0.2, -0.15) is 0 Å². The molecule has 0 spiro atoms. The number of nitrogens with zero attached hydrogens (tertiary/aromatic N) is 5. The Hall–Kier alpha value is -3.20. The van der Waals surface area contributed by atoms with E-state index in [1.54, 1.807) is 19.1 Å². The van der Waals surface area contributed by atoms with E-state index in [1.165, 1.54) is 22.5 Å². The smallest absolute Gasteiger partial charge is 0.332 e. The van der Waals surface area contributed by atoms with Crippen molar-refractivity contribution in [2.75, 3.05) is 20.3 Å². The third-order valence-electron chi connectivity index (χ3n) is 4.66. The van der Waals surface area contributed by atoms with Crippen LogP contribution in [-0.2, 0) is 36.7 Å². The number of carbonyl (C=O) groups excluding carboxylic acids is 1. The van der Waals surface area contributed by atoms with E-state index in [4.69, 9.17) is 4.74 Å². The standard InChI is InChI=1S/C19H23N5O4/c1-21-17-16(18(26)22(2)19(21)27)24(13-20-17)12-15(25)23(9-10-28-3)11-14-7-5-4-6-8-14/h4-8,13H,9-12H2,1-3H3. The molecule has 28 heavy (non-hydrogen) atoms. The molecule has 1 aromatic carbocycles. The largest absolute Gasteiger partial charge is 0.383 e. The number of imidazole rings is 1. The number of aromatic nitrogens is 4. The molecule has 0 aliphatic heterocycles. The van der Waals surface area contributed by atoms with E-state index < -0.39 is 11.2 Å². The molecule has 0 bridgehead atoms. The molecule has 1 amide bonds. The predicted octanol–water partition coefficient (Wildman–Crippen LogP) is 0.109. The molecular formula is C19H23N5O4. The first-order valence-electron chi connectivity index (χ1n) is 8.85. The average Bonchev–Trinajstić information content (AvgIpc) is 3.12. The number of aryl methyl sites for hydroxylation is 1. The zero-order valence-electron chi connectivity index (χ0n) is 16.2. The van der Waals surface area contributed by atoms with E-state index in [9.17, 15) is 14.4 Å². The monoisotopic (exact) mass is 385 g/mol. The lowest BCUT2D eigenvalue weighted by atomic mass is 10.2. The summed E-state index contributed by atoms with van der Waals surface area (Å²) < 4.78 is 8.92. The quantitative estimate of drug-likeness (QED) is 0.576. The second-order valence-corrected chi connectivity index (χ2v) is 6.54. The summed E-state index contributed by atoms with van der Waals surface area (Å²) in [4.78, 5) is 43.4. The molecule has 9 heteroatoms. The van der Waals surface area contributed by atoms with Crippen LogP contribution in [0.15, 0.2) is 46.2 Å². The molecule has 0 saturated heterocycles. The maximum absolute atomic E-state index is 13.0. The molecule has 148 valence electrons. The third-order valence-corrected chi connectivity index (χ3v) is 4.66. The van der Waals surface area contributed by atoms with Gasteiger partial charge in [0.25, 0.3) is 5.56 Å². The fraction of sp³-hybridized carbons (Fsp3) is 0.368. The highest BCUT2D eigenvalue weighted by Crippen LogP contribution is 2.09. The SMILES string of the molecule is COCCN(Cc1ccccc1)C(=O)Cn1cnc2c1c(=O)n(C)c(=O)n2C. The summed E-state index contributed by atoms with van der Waals surface area (Å²) in [5, 5.41) is 0. The first-order valence-corrected chi connectivity index (χ1v) is 8.85. The Labute approximate surface area is 161 Å². The van der Waals surface area contributed by atoms with Crippen molar-refractivity contribution in [1.82, 2.24) is 23.6 Å². The lowest BCUT2D eigenvalue weighted by Gasteiger charge is -2.23. The normalized spacial score (nSPS) is 11.1. The number of fused-ring (bicyclic) bond motifs is 1. The van der Waals surface area contributed by atoms with Crippen molar-refractivity contribution < 1.29 is 9.53 Å². The number of hydrogen-bond donors (Lipinski definition) is 0. The van der Waals surface area contributed by atoms with Crippen LogP contribution in [0.4, 0.5) is 0 Å². The highest BCUT2D eigenvalue weighted by molar-refractivity contribution is 5.79. The zero-order chi connectivity index (χ0) is 20.3. The van der Waals surface area contributed by atoms with Crippen LogP contribution in [0.2, 0.25) is 0 Å². The Morgan fingerprint density at radius 3 is 2.54 bits per heavy atom. The number of carbonyl (C=O) groups is 1. The first kappa shape index (κ1) is 19.6. The molecule has 0 unspecified atom stereocenters. The van der Waals surface area contributed by atoms with Crippen molar-refractivity contribution in [3.63, 3.8) is 0 Å². The highest BCUT2D eigenvalue weighted by Gasteiger charge is 2.19. The zero-order valence-corrected chi connectivity index (χ0v) is 16.2. The number of hydrogen-bond acceptors (Lipinski definition) is 5. The third kappa shape index (κ3) is 3.74. The summed E-state index contributed by atoms with van der Waals surface area (Å²) in [6, 6.07) is 9.66. The maximum atomic E-state index is 13.0.